The number of anilines is 1. The molecule has 3 aliphatic heterocycles. The van der Waals surface area contributed by atoms with E-state index >= 15 is 4.39 Å². The average molecular weight is 661 g/mol. The van der Waals surface area contributed by atoms with Crippen LogP contribution >= 0.6 is 0 Å². The first-order valence-electron chi connectivity index (χ1n) is 16.3. The largest absolute Gasteiger partial charge is 0.493 e. The molecular weight excluding hydrogens is 622 g/mol. The number of terminal acetylenes is 1. The van der Waals surface area contributed by atoms with Gasteiger partial charge in [0.25, 0.3) is 0 Å². The van der Waals surface area contributed by atoms with Crippen LogP contribution in [-0.4, -0.2) is 104 Å². The average Bonchev–Trinajstić information content (AvgIpc) is 3.91. The van der Waals surface area contributed by atoms with Gasteiger partial charge in [-0.1, -0.05) is 12.5 Å². The summed E-state index contributed by atoms with van der Waals surface area (Å²) in [7, 11) is 0. The molecule has 13 heteroatoms. The summed E-state index contributed by atoms with van der Waals surface area (Å²) >= 11 is 0. The van der Waals surface area contributed by atoms with Crippen molar-refractivity contribution in [1.82, 2.24) is 25.2 Å². The van der Waals surface area contributed by atoms with Crippen molar-refractivity contribution in [1.29, 1.82) is 0 Å². The topological polar surface area (TPSA) is 111 Å². The van der Waals surface area contributed by atoms with E-state index in [4.69, 9.17) is 30.4 Å². The van der Waals surface area contributed by atoms with Crippen molar-refractivity contribution < 1.29 is 32.5 Å². The zero-order valence-electron chi connectivity index (χ0n) is 26.7. The number of carbonyl (C=O) groups excluding carboxylic acids is 1. The fourth-order valence-corrected chi connectivity index (χ4v) is 6.81. The highest BCUT2D eigenvalue weighted by Gasteiger charge is 2.45. The predicted molar refractivity (Wildman–Crippen MR) is 173 cm³/mol. The van der Waals surface area contributed by atoms with Crippen molar-refractivity contribution in [2.75, 3.05) is 77.3 Å². The van der Waals surface area contributed by atoms with Crippen molar-refractivity contribution in [2.24, 2.45) is 5.41 Å². The number of carbonyl (C=O) groups is 1. The summed E-state index contributed by atoms with van der Waals surface area (Å²) in [5, 5.41) is 3.26. The Balaban J connectivity index is 1.27. The molecule has 11 nitrogen and oxygen atoms in total. The predicted octanol–water partition coefficient (Wildman–Crippen LogP) is 3.20. The van der Waals surface area contributed by atoms with Crippen molar-refractivity contribution in [2.45, 2.75) is 31.2 Å². The van der Waals surface area contributed by atoms with Crippen LogP contribution < -0.4 is 19.7 Å². The number of fused-ring (bicyclic) bond motifs is 2. The number of nitrogens with one attached hydrogen (secondary N) is 1. The quantitative estimate of drug-likeness (QED) is 0.272. The fourth-order valence-electron chi connectivity index (χ4n) is 6.81. The van der Waals surface area contributed by atoms with E-state index in [1.54, 1.807) is 6.20 Å². The van der Waals surface area contributed by atoms with E-state index in [0.29, 0.717) is 75.1 Å². The second-order valence-corrected chi connectivity index (χ2v) is 12.8. The molecule has 7 rings (SSSR count). The maximum absolute atomic E-state index is 16.9. The number of hydrogen-bond acceptors (Lipinski definition) is 10. The third kappa shape index (κ3) is 6.52. The van der Waals surface area contributed by atoms with Crippen LogP contribution in [0, 0.1) is 29.4 Å². The van der Waals surface area contributed by atoms with Gasteiger partial charge in [-0.2, -0.15) is 9.97 Å². The zero-order valence-corrected chi connectivity index (χ0v) is 26.7. The molecular formula is C35H38F2N6O5. The Morgan fingerprint density at radius 2 is 1.98 bits per heavy atom. The summed E-state index contributed by atoms with van der Waals surface area (Å²) in [6.45, 7) is 9.69. The molecule has 1 N–H and O–H groups in total. The van der Waals surface area contributed by atoms with Gasteiger partial charge in [0.15, 0.2) is 5.82 Å². The maximum Gasteiger partial charge on any atom is 0.319 e. The number of aromatic nitrogens is 3. The molecule has 48 heavy (non-hydrogen) atoms. The molecule has 2 saturated heterocycles. The van der Waals surface area contributed by atoms with E-state index in [0.717, 1.165) is 32.5 Å². The molecule has 0 bridgehead atoms. The normalized spacial score (nSPS) is 22.1. The van der Waals surface area contributed by atoms with Gasteiger partial charge in [-0.25, -0.2) is 8.78 Å². The molecule has 1 amide bonds. The number of pyridine rings is 1. The first kappa shape index (κ1) is 32.2. The van der Waals surface area contributed by atoms with E-state index in [2.05, 4.69) is 32.7 Å². The van der Waals surface area contributed by atoms with Gasteiger partial charge < -0.3 is 29.2 Å². The summed E-state index contributed by atoms with van der Waals surface area (Å²) in [4.78, 5) is 30.5. The van der Waals surface area contributed by atoms with E-state index in [1.807, 2.05) is 4.90 Å². The second-order valence-electron chi connectivity index (χ2n) is 12.8. The minimum Gasteiger partial charge on any atom is -0.493 e. The van der Waals surface area contributed by atoms with Crippen LogP contribution in [-0.2, 0) is 14.3 Å². The van der Waals surface area contributed by atoms with Gasteiger partial charge in [0, 0.05) is 55.8 Å². The minimum absolute atomic E-state index is 0.0260. The molecule has 5 heterocycles. The number of hydrogen-bond donors (Lipinski definition) is 1. The molecule has 4 aliphatic rings. The third-order valence-corrected chi connectivity index (χ3v) is 9.54. The second kappa shape index (κ2) is 13.6. The summed E-state index contributed by atoms with van der Waals surface area (Å²) < 4.78 is 55.1. The number of halogens is 2. The molecule has 1 saturated carbocycles. The van der Waals surface area contributed by atoms with Gasteiger partial charge >= 0.3 is 6.01 Å². The molecule has 3 fully saturated rings. The van der Waals surface area contributed by atoms with Crippen LogP contribution in [0.5, 0.6) is 11.8 Å². The molecule has 2 aromatic heterocycles. The summed E-state index contributed by atoms with van der Waals surface area (Å²) in [6, 6.07) is 2.44. The number of rotatable bonds is 9. The van der Waals surface area contributed by atoms with Crippen molar-refractivity contribution in [3.8, 4) is 24.1 Å². The first-order chi connectivity index (χ1) is 23.4. The van der Waals surface area contributed by atoms with Gasteiger partial charge in [0.1, 0.15) is 22.9 Å². The van der Waals surface area contributed by atoms with E-state index < -0.39 is 17.6 Å². The number of ether oxygens (including phenoxy) is 4. The maximum atomic E-state index is 16.9. The zero-order chi connectivity index (χ0) is 33.3. The van der Waals surface area contributed by atoms with Gasteiger partial charge in [-0.15, -0.1) is 6.42 Å². The van der Waals surface area contributed by atoms with E-state index in [-0.39, 0.29) is 46.8 Å². The Kier molecular flexibility index (Phi) is 9.13. The van der Waals surface area contributed by atoms with Crippen molar-refractivity contribution in [3.05, 3.63) is 59.4 Å². The van der Waals surface area contributed by atoms with Gasteiger partial charge in [-0.3, -0.25) is 14.7 Å². The summed E-state index contributed by atoms with van der Waals surface area (Å²) in [5.74, 6) is 1.01. The number of nitrogens with zero attached hydrogens (tertiary/aromatic N) is 5. The smallest absolute Gasteiger partial charge is 0.319 e. The van der Waals surface area contributed by atoms with E-state index in [9.17, 15) is 9.18 Å². The van der Waals surface area contributed by atoms with Crippen LogP contribution in [0.4, 0.5) is 14.6 Å². The van der Waals surface area contributed by atoms with E-state index in [1.165, 1.54) is 18.2 Å². The molecule has 0 unspecified atom stereocenters. The lowest BCUT2D eigenvalue weighted by atomic mass is 9.86. The molecule has 252 valence electrons. The highest BCUT2D eigenvalue weighted by molar-refractivity contribution is 5.90. The molecule has 0 radical (unpaired) electrons. The van der Waals surface area contributed by atoms with Crippen LogP contribution in [0.2, 0.25) is 0 Å². The Labute approximate surface area is 277 Å². The number of benzene rings is 1. The van der Waals surface area contributed by atoms with Crippen LogP contribution in [0.15, 0.2) is 31.0 Å². The summed E-state index contributed by atoms with van der Waals surface area (Å²) in [6.07, 6.45) is 10.8. The van der Waals surface area contributed by atoms with Gasteiger partial charge in [-0.05, 0) is 37.5 Å². The Morgan fingerprint density at radius 3 is 2.75 bits per heavy atom. The summed E-state index contributed by atoms with van der Waals surface area (Å²) in [5.41, 5.74) is 0.505. The Hall–Kier alpha value is -4.38. The number of amides is 1. The fraction of sp³-hybridized carbons (Fsp3) is 0.486. The lowest BCUT2D eigenvalue weighted by molar-refractivity contribution is -0.117. The van der Waals surface area contributed by atoms with Crippen LogP contribution in [0.1, 0.15) is 42.0 Å². The lowest BCUT2D eigenvalue weighted by Gasteiger charge is -2.30. The Morgan fingerprint density at radius 1 is 1.17 bits per heavy atom. The highest BCUT2D eigenvalue weighted by atomic mass is 19.1. The first-order valence-corrected chi connectivity index (χ1v) is 16.3. The molecule has 1 aromatic carbocycles. The van der Waals surface area contributed by atoms with Crippen LogP contribution in [0.25, 0.3) is 10.9 Å². The molecule has 1 aliphatic carbocycles. The van der Waals surface area contributed by atoms with Gasteiger partial charge in [0.2, 0.25) is 5.91 Å². The third-order valence-electron chi connectivity index (χ3n) is 9.54. The molecule has 3 aromatic rings. The SMILES string of the molecule is C#Cc1c(F)ccc2c1[C@@H](c1ncc3c(N4CCOC[C@H](NC(=O)C=C)C4)nc(OCC4(CN5CCOCC5)CC4)nc3c1F)CCO2. The molecule has 2 atom stereocenters. The van der Waals surface area contributed by atoms with Crippen LogP contribution in [0.3, 0.4) is 0 Å². The Bertz CT molecular complexity index is 1760. The van der Waals surface area contributed by atoms with Gasteiger partial charge in [0.05, 0.1) is 62.3 Å². The molecule has 0 spiro atoms. The number of morpholine rings is 1. The standard InChI is InChI=1S/C35H38F2N6O5/c1-3-23-26(36)5-6-27-29(23)24(7-13-47-27)31-30(37)32-25(17-38-31)33(43-12-16-46-19-22(18-43)39-28(44)4-2)41-34(40-32)48-21-35(8-9-35)20-42-10-14-45-15-11-42/h1,4-6,17,22,24H,2,7-16,18-21H2,(H,39,44)/t22-,24+/m1/s1. The lowest BCUT2D eigenvalue weighted by Crippen LogP contribution is -2.44. The van der Waals surface area contributed by atoms with Crippen molar-refractivity contribution >= 4 is 22.6 Å². The van der Waals surface area contributed by atoms with Crippen molar-refractivity contribution in [3.63, 3.8) is 0 Å². The highest BCUT2D eigenvalue weighted by Crippen LogP contribution is 2.47. The minimum atomic E-state index is -0.664. The monoisotopic (exact) mass is 660 g/mol.